The van der Waals surface area contributed by atoms with Crippen LogP contribution in [0.25, 0.3) is 0 Å². The van der Waals surface area contributed by atoms with Crippen LogP contribution in [0.2, 0.25) is 5.02 Å². The van der Waals surface area contributed by atoms with E-state index in [1.165, 1.54) is 18.2 Å². The minimum absolute atomic E-state index is 0.0411. The number of hydrogen-bond acceptors (Lipinski definition) is 4. The predicted octanol–water partition coefficient (Wildman–Crippen LogP) is 5.96. The Kier molecular flexibility index (Phi) is 5.02. The Balaban J connectivity index is 1.77. The molecular weight excluding hydrogens is 407 g/mol. The molecule has 1 saturated carbocycles. The van der Waals surface area contributed by atoms with Crippen molar-refractivity contribution in [1.82, 2.24) is 0 Å². The zero-order chi connectivity index (χ0) is 21.8. The largest absolute Gasteiger partial charge is 0.457 e. The van der Waals surface area contributed by atoms with E-state index in [0.29, 0.717) is 23.0 Å². The first-order valence-electron chi connectivity index (χ1n) is 10.0. The molecule has 0 radical (unpaired) electrons. The summed E-state index contributed by atoms with van der Waals surface area (Å²) < 4.78 is 25.1. The molecule has 0 spiro atoms. The quantitative estimate of drug-likeness (QED) is 0.562. The van der Waals surface area contributed by atoms with Crippen LogP contribution in [0.5, 0.6) is 11.5 Å². The van der Waals surface area contributed by atoms with Crippen LogP contribution >= 0.6 is 11.6 Å². The highest BCUT2D eigenvalue weighted by molar-refractivity contribution is 6.30. The maximum absolute atomic E-state index is 13.5. The van der Waals surface area contributed by atoms with Crippen LogP contribution in [0.1, 0.15) is 63.5 Å². The first-order valence-corrected chi connectivity index (χ1v) is 10.4. The predicted molar refractivity (Wildman–Crippen MR) is 112 cm³/mol. The molecule has 0 amide bonds. The maximum atomic E-state index is 13.5. The summed E-state index contributed by atoms with van der Waals surface area (Å²) in [4.78, 5) is 26.5. The third-order valence-electron chi connectivity index (χ3n) is 5.73. The van der Waals surface area contributed by atoms with Crippen molar-refractivity contribution in [2.45, 2.75) is 63.6 Å². The molecule has 0 atom stereocenters. The van der Waals surface area contributed by atoms with Gasteiger partial charge in [-0.15, -0.1) is 0 Å². The van der Waals surface area contributed by atoms with Crippen LogP contribution < -0.4 is 4.74 Å². The fourth-order valence-corrected chi connectivity index (χ4v) is 4.31. The zero-order valence-electron chi connectivity index (χ0n) is 17.4. The Morgan fingerprint density at radius 1 is 0.933 bits per heavy atom. The van der Waals surface area contributed by atoms with E-state index in [9.17, 15) is 14.0 Å². The standard InChI is InChI=1S/C24H24ClFO4/c1-23(2)21(27)20(22(28)24(3,4)30-23)17-11-14(7-9-16(17)13-5-6-13)29-15-8-10-19(26)18(25)12-15/h7-13,20H,5-6H2,1-4H3. The van der Waals surface area contributed by atoms with Gasteiger partial charge < -0.3 is 9.47 Å². The molecule has 2 aromatic rings. The van der Waals surface area contributed by atoms with E-state index in [2.05, 4.69) is 0 Å². The first kappa shape index (κ1) is 21.0. The fourth-order valence-electron chi connectivity index (χ4n) is 4.14. The van der Waals surface area contributed by atoms with E-state index in [0.717, 1.165) is 18.4 Å². The molecule has 4 nitrogen and oxygen atoms in total. The van der Waals surface area contributed by atoms with Gasteiger partial charge in [-0.05, 0) is 81.8 Å². The number of ether oxygens (including phenoxy) is 2. The van der Waals surface area contributed by atoms with Gasteiger partial charge in [-0.25, -0.2) is 4.39 Å². The summed E-state index contributed by atoms with van der Waals surface area (Å²) >= 11 is 5.85. The molecule has 0 bridgehead atoms. The third kappa shape index (κ3) is 3.77. The SMILES string of the molecule is CC1(C)OC(C)(C)C(=O)C(c2cc(Oc3ccc(F)c(Cl)c3)ccc2C2CC2)C1=O. The summed E-state index contributed by atoms with van der Waals surface area (Å²) in [6.07, 6.45) is 2.05. The molecule has 2 fully saturated rings. The number of benzene rings is 2. The topological polar surface area (TPSA) is 52.6 Å². The average molecular weight is 431 g/mol. The summed E-state index contributed by atoms with van der Waals surface area (Å²) in [6, 6.07) is 9.58. The number of carbonyl (C=O) groups is 2. The monoisotopic (exact) mass is 430 g/mol. The molecule has 6 heteroatoms. The second kappa shape index (κ2) is 7.17. The van der Waals surface area contributed by atoms with Crippen LogP contribution in [0, 0.1) is 5.82 Å². The molecule has 1 saturated heterocycles. The van der Waals surface area contributed by atoms with Crippen molar-refractivity contribution in [1.29, 1.82) is 0 Å². The van der Waals surface area contributed by atoms with E-state index >= 15 is 0 Å². The smallest absolute Gasteiger partial charge is 0.179 e. The molecule has 30 heavy (non-hydrogen) atoms. The molecule has 1 aliphatic carbocycles. The molecule has 1 aliphatic heterocycles. The number of rotatable bonds is 4. The van der Waals surface area contributed by atoms with Gasteiger partial charge in [0.1, 0.15) is 34.4 Å². The Hall–Kier alpha value is -2.24. The van der Waals surface area contributed by atoms with Gasteiger partial charge >= 0.3 is 0 Å². The number of ketones is 2. The third-order valence-corrected chi connectivity index (χ3v) is 6.02. The Bertz CT molecular complexity index is 1010. The lowest BCUT2D eigenvalue weighted by Gasteiger charge is -2.43. The summed E-state index contributed by atoms with van der Waals surface area (Å²) in [5.41, 5.74) is -0.489. The van der Waals surface area contributed by atoms with Crippen LogP contribution in [0.3, 0.4) is 0 Å². The normalized spacial score (nSPS) is 21.0. The van der Waals surface area contributed by atoms with Gasteiger partial charge in [0.15, 0.2) is 11.6 Å². The van der Waals surface area contributed by atoms with Gasteiger partial charge in [0.25, 0.3) is 0 Å². The average Bonchev–Trinajstić information content (AvgIpc) is 3.48. The van der Waals surface area contributed by atoms with Crippen molar-refractivity contribution in [2.75, 3.05) is 0 Å². The van der Waals surface area contributed by atoms with E-state index in [1.54, 1.807) is 39.8 Å². The van der Waals surface area contributed by atoms with Crippen molar-refractivity contribution < 1.29 is 23.5 Å². The molecule has 0 N–H and O–H groups in total. The highest BCUT2D eigenvalue weighted by atomic mass is 35.5. The summed E-state index contributed by atoms with van der Waals surface area (Å²) in [6.45, 7) is 6.81. The highest BCUT2D eigenvalue weighted by Crippen LogP contribution is 2.47. The van der Waals surface area contributed by atoms with Crippen molar-refractivity contribution in [2.24, 2.45) is 0 Å². The lowest BCUT2D eigenvalue weighted by Crippen LogP contribution is -2.58. The number of Topliss-reactive ketones (excluding diaryl/α,β-unsaturated/α-hetero) is 2. The molecular formula is C24H24ClFO4. The molecule has 158 valence electrons. The van der Waals surface area contributed by atoms with Gasteiger partial charge in [-0.3, -0.25) is 9.59 Å². The van der Waals surface area contributed by atoms with E-state index in [4.69, 9.17) is 21.1 Å². The molecule has 1 heterocycles. The summed E-state index contributed by atoms with van der Waals surface area (Å²) in [7, 11) is 0. The minimum atomic E-state index is -1.08. The summed E-state index contributed by atoms with van der Waals surface area (Å²) in [5, 5.41) is -0.0411. The van der Waals surface area contributed by atoms with Crippen LogP contribution in [-0.2, 0) is 14.3 Å². The summed E-state index contributed by atoms with van der Waals surface area (Å²) in [5.74, 6) is -0.789. The second-order valence-electron chi connectivity index (χ2n) is 9.03. The molecule has 4 rings (SSSR count). The van der Waals surface area contributed by atoms with Crippen LogP contribution in [0.15, 0.2) is 36.4 Å². The minimum Gasteiger partial charge on any atom is -0.457 e. The van der Waals surface area contributed by atoms with Crippen molar-refractivity contribution >= 4 is 23.2 Å². The van der Waals surface area contributed by atoms with E-state index in [-0.39, 0.29) is 16.6 Å². The van der Waals surface area contributed by atoms with Crippen molar-refractivity contribution in [3.8, 4) is 11.5 Å². The van der Waals surface area contributed by atoms with Crippen LogP contribution in [-0.4, -0.2) is 22.8 Å². The van der Waals surface area contributed by atoms with Gasteiger partial charge in [0.05, 0.1) is 5.02 Å². The van der Waals surface area contributed by atoms with Gasteiger partial charge in [-0.2, -0.15) is 0 Å². The Morgan fingerprint density at radius 2 is 1.50 bits per heavy atom. The number of hydrogen-bond donors (Lipinski definition) is 0. The molecule has 2 aromatic carbocycles. The molecule has 0 unspecified atom stereocenters. The van der Waals surface area contributed by atoms with Gasteiger partial charge in [0, 0.05) is 6.07 Å². The lowest BCUT2D eigenvalue weighted by atomic mass is 9.73. The maximum Gasteiger partial charge on any atom is 0.179 e. The number of halogens is 2. The fraction of sp³-hybridized carbons (Fsp3) is 0.417. The van der Waals surface area contributed by atoms with Gasteiger partial charge in [0.2, 0.25) is 0 Å². The number of carbonyl (C=O) groups excluding carboxylic acids is 2. The Labute approximate surface area is 180 Å². The second-order valence-corrected chi connectivity index (χ2v) is 9.43. The van der Waals surface area contributed by atoms with Gasteiger partial charge in [-0.1, -0.05) is 17.7 Å². The lowest BCUT2D eigenvalue weighted by molar-refractivity contribution is -0.184. The van der Waals surface area contributed by atoms with Crippen molar-refractivity contribution in [3.63, 3.8) is 0 Å². The molecule has 2 aliphatic rings. The van der Waals surface area contributed by atoms with Crippen molar-refractivity contribution in [3.05, 3.63) is 58.4 Å². The zero-order valence-corrected chi connectivity index (χ0v) is 18.2. The highest BCUT2D eigenvalue weighted by Gasteiger charge is 2.53. The van der Waals surface area contributed by atoms with E-state index in [1.807, 2.05) is 6.07 Å². The Morgan fingerprint density at radius 3 is 2.07 bits per heavy atom. The van der Waals surface area contributed by atoms with Crippen LogP contribution in [0.4, 0.5) is 4.39 Å². The molecule has 0 aromatic heterocycles. The van der Waals surface area contributed by atoms with E-state index < -0.39 is 22.9 Å². The first-order chi connectivity index (χ1) is 14.0.